The molecule has 1 heterocycles. The van der Waals surface area contributed by atoms with Gasteiger partial charge in [0.2, 0.25) is 0 Å². The van der Waals surface area contributed by atoms with Gasteiger partial charge in [-0.2, -0.15) is 0 Å². The molecule has 1 unspecified atom stereocenters. The van der Waals surface area contributed by atoms with Crippen LogP contribution < -0.4 is 5.32 Å². The summed E-state index contributed by atoms with van der Waals surface area (Å²) in [6, 6.07) is 27.2. The van der Waals surface area contributed by atoms with Crippen LogP contribution in [0.3, 0.4) is 0 Å². The van der Waals surface area contributed by atoms with Gasteiger partial charge in [-0.15, -0.1) is 0 Å². The first-order valence-electron chi connectivity index (χ1n) is 13.1. The minimum atomic E-state index is -0.439. The van der Waals surface area contributed by atoms with Crippen molar-refractivity contribution in [2.75, 3.05) is 13.2 Å². The number of nitrogens with one attached hydrogen (secondary N) is 1. The first kappa shape index (κ1) is 25.0. The van der Waals surface area contributed by atoms with Crippen molar-refractivity contribution in [3.8, 4) is 22.5 Å². The van der Waals surface area contributed by atoms with E-state index in [1.807, 2.05) is 19.9 Å². The molecule has 0 aliphatic heterocycles. The maximum Gasteiger partial charge on any atom is 0.316 e. The number of benzene rings is 3. The smallest absolute Gasteiger partial charge is 0.316 e. The molecule has 1 atom stereocenters. The molecule has 190 valence electrons. The van der Waals surface area contributed by atoms with E-state index in [1.54, 1.807) is 0 Å². The van der Waals surface area contributed by atoms with Crippen LogP contribution in [0, 0.1) is 6.92 Å². The average Bonchev–Trinajstić information content (AvgIpc) is 3.68. The number of carbonyl (C=O) groups excluding carboxylic acids is 1. The highest BCUT2D eigenvalue weighted by Crippen LogP contribution is 2.49. The molecule has 5 heteroatoms. The van der Waals surface area contributed by atoms with Crippen molar-refractivity contribution in [2.24, 2.45) is 0 Å². The van der Waals surface area contributed by atoms with Crippen molar-refractivity contribution in [1.82, 2.24) is 10.5 Å². The number of carbonyl (C=O) groups is 1. The second-order valence-corrected chi connectivity index (χ2v) is 9.98. The molecule has 0 saturated heterocycles. The summed E-state index contributed by atoms with van der Waals surface area (Å²) in [6.07, 6.45) is 1.72. The third-order valence-electron chi connectivity index (χ3n) is 7.44. The Morgan fingerprint density at radius 1 is 0.973 bits per heavy atom. The summed E-state index contributed by atoms with van der Waals surface area (Å²) in [5.41, 5.74) is 7.16. The Bertz CT molecular complexity index is 1340. The molecule has 1 aliphatic carbocycles. The molecule has 0 spiro atoms. The standard InChI is InChI=1S/C32H34N2O3/c1-4-36-31(35)32(18-19-32)28-16-14-26(15-17-28)25-10-12-27(13-11-25)30-29(23(3)34-37-30)21-33-20-22(2)24-8-6-5-7-9-24/h5-17,22,33H,4,18-21H2,1-3H3. The summed E-state index contributed by atoms with van der Waals surface area (Å²) in [5.74, 6) is 1.13. The van der Waals surface area contributed by atoms with Crippen LogP contribution >= 0.6 is 0 Å². The summed E-state index contributed by atoms with van der Waals surface area (Å²) in [7, 11) is 0. The first-order valence-corrected chi connectivity index (χ1v) is 13.1. The van der Waals surface area contributed by atoms with Gasteiger partial charge in [0.1, 0.15) is 0 Å². The average molecular weight is 495 g/mol. The maximum absolute atomic E-state index is 12.4. The minimum Gasteiger partial charge on any atom is -0.465 e. The van der Waals surface area contributed by atoms with Gasteiger partial charge >= 0.3 is 5.97 Å². The van der Waals surface area contributed by atoms with Crippen LogP contribution in [0.25, 0.3) is 22.5 Å². The van der Waals surface area contributed by atoms with E-state index in [2.05, 4.69) is 90.2 Å². The fourth-order valence-electron chi connectivity index (χ4n) is 4.94. The number of esters is 1. The van der Waals surface area contributed by atoms with Crippen LogP contribution in [-0.4, -0.2) is 24.3 Å². The molecule has 1 saturated carbocycles. The lowest BCUT2D eigenvalue weighted by atomic mass is 9.93. The van der Waals surface area contributed by atoms with E-state index >= 15 is 0 Å². The van der Waals surface area contributed by atoms with Crippen molar-refractivity contribution in [3.63, 3.8) is 0 Å². The third kappa shape index (κ3) is 5.23. The zero-order chi connectivity index (χ0) is 25.8. The number of rotatable bonds is 10. The largest absolute Gasteiger partial charge is 0.465 e. The lowest BCUT2D eigenvalue weighted by Gasteiger charge is -2.15. The molecule has 0 radical (unpaired) electrons. The molecule has 1 aliphatic rings. The fraction of sp³-hybridized carbons (Fsp3) is 0.312. The van der Waals surface area contributed by atoms with Crippen LogP contribution in [0.15, 0.2) is 83.4 Å². The normalized spacial score (nSPS) is 14.8. The monoisotopic (exact) mass is 494 g/mol. The van der Waals surface area contributed by atoms with Crippen LogP contribution in [-0.2, 0) is 21.5 Å². The molecule has 0 bridgehead atoms. The Kier molecular flexibility index (Phi) is 7.24. The van der Waals surface area contributed by atoms with Crippen LogP contribution in [0.5, 0.6) is 0 Å². The van der Waals surface area contributed by atoms with Crippen molar-refractivity contribution in [2.45, 2.75) is 51.5 Å². The highest BCUT2D eigenvalue weighted by Gasteiger charge is 2.52. The van der Waals surface area contributed by atoms with E-state index in [-0.39, 0.29) is 5.97 Å². The molecule has 1 N–H and O–H groups in total. The molecular weight excluding hydrogens is 460 g/mol. The summed E-state index contributed by atoms with van der Waals surface area (Å²) in [5, 5.41) is 7.82. The Morgan fingerprint density at radius 2 is 1.59 bits per heavy atom. The summed E-state index contributed by atoms with van der Waals surface area (Å²) >= 11 is 0. The molecule has 0 amide bonds. The van der Waals surface area contributed by atoms with Gasteiger partial charge in [-0.1, -0.05) is 90.9 Å². The second kappa shape index (κ2) is 10.7. The van der Waals surface area contributed by atoms with E-state index in [0.717, 1.165) is 58.7 Å². The van der Waals surface area contributed by atoms with Crippen molar-refractivity contribution in [3.05, 3.63) is 101 Å². The number of aryl methyl sites for hydroxylation is 1. The van der Waals surface area contributed by atoms with Crippen LogP contribution in [0.1, 0.15) is 55.0 Å². The molecule has 37 heavy (non-hydrogen) atoms. The van der Waals surface area contributed by atoms with Gasteiger partial charge in [-0.25, -0.2) is 0 Å². The Morgan fingerprint density at radius 3 is 2.22 bits per heavy atom. The highest BCUT2D eigenvalue weighted by molar-refractivity contribution is 5.87. The van der Waals surface area contributed by atoms with Crippen molar-refractivity contribution in [1.29, 1.82) is 0 Å². The minimum absolute atomic E-state index is 0.103. The second-order valence-electron chi connectivity index (χ2n) is 9.98. The zero-order valence-electron chi connectivity index (χ0n) is 21.8. The molecule has 1 fully saturated rings. The third-order valence-corrected chi connectivity index (χ3v) is 7.44. The van der Waals surface area contributed by atoms with Gasteiger partial charge in [0.05, 0.1) is 17.7 Å². The Labute approximate surface area is 218 Å². The summed E-state index contributed by atoms with van der Waals surface area (Å²) < 4.78 is 11.0. The van der Waals surface area contributed by atoms with Crippen LogP contribution in [0.2, 0.25) is 0 Å². The highest BCUT2D eigenvalue weighted by atomic mass is 16.5. The van der Waals surface area contributed by atoms with Gasteiger partial charge in [-0.05, 0) is 54.9 Å². The van der Waals surface area contributed by atoms with Gasteiger partial charge in [-0.3, -0.25) is 4.79 Å². The van der Waals surface area contributed by atoms with E-state index < -0.39 is 5.41 Å². The number of hydrogen-bond acceptors (Lipinski definition) is 5. The Balaban J connectivity index is 1.26. The van der Waals surface area contributed by atoms with E-state index in [4.69, 9.17) is 9.26 Å². The van der Waals surface area contributed by atoms with Crippen molar-refractivity contribution >= 4 is 5.97 Å². The van der Waals surface area contributed by atoms with E-state index in [0.29, 0.717) is 19.1 Å². The molecule has 4 aromatic rings. The van der Waals surface area contributed by atoms with E-state index in [1.165, 1.54) is 5.56 Å². The summed E-state index contributed by atoms with van der Waals surface area (Å²) in [6.45, 7) is 8.07. The molecule has 5 rings (SSSR count). The molecule has 1 aromatic heterocycles. The SMILES string of the molecule is CCOC(=O)C1(c2ccc(-c3ccc(-c4onc(C)c4CNCC(C)c4ccccc4)cc3)cc2)CC1. The van der Waals surface area contributed by atoms with E-state index in [9.17, 15) is 4.79 Å². The van der Waals surface area contributed by atoms with Crippen molar-refractivity contribution < 1.29 is 14.1 Å². The zero-order valence-corrected chi connectivity index (χ0v) is 21.8. The predicted molar refractivity (Wildman–Crippen MR) is 146 cm³/mol. The molecule has 3 aromatic carbocycles. The lowest BCUT2D eigenvalue weighted by molar-refractivity contribution is -0.146. The van der Waals surface area contributed by atoms with Gasteiger partial charge in [0.15, 0.2) is 5.76 Å². The van der Waals surface area contributed by atoms with Gasteiger partial charge < -0.3 is 14.6 Å². The van der Waals surface area contributed by atoms with Gasteiger partial charge in [0.25, 0.3) is 0 Å². The number of aromatic nitrogens is 1. The Hall–Kier alpha value is -3.70. The fourth-order valence-corrected chi connectivity index (χ4v) is 4.94. The lowest BCUT2D eigenvalue weighted by Crippen LogP contribution is -2.23. The van der Waals surface area contributed by atoms with Gasteiger partial charge in [0, 0.05) is 24.2 Å². The number of ether oxygens (including phenoxy) is 1. The number of nitrogens with zero attached hydrogens (tertiary/aromatic N) is 1. The molecular formula is C32H34N2O3. The summed E-state index contributed by atoms with van der Waals surface area (Å²) in [4.78, 5) is 12.4. The molecule has 5 nitrogen and oxygen atoms in total. The predicted octanol–water partition coefficient (Wildman–Crippen LogP) is 6.81. The topological polar surface area (TPSA) is 64.4 Å². The number of hydrogen-bond donors (Lipinski definition) is 1. The first-order chi connectivity index (χ1) is 18.0. The van der Waals surface area contributed by atoms with Crippen LogP contribution in [0.4, 0.5) is 0 Å². The quantitative estimate of drug-likeness (QED) is 0.246. The maximum atomic E-state index is 12.4.